The van der Waals surface area contributed by atoms with Crippen molar-refractivity contribution >= 4 is 5.69 Å². The summed E-state index contributed by atoms with van der Waals surface area (Å²) in [4.78, 5) is 0. The zero-order valence-corrected chi connectivity index (χ0v) is 15.7. The normalized spacial score (nSPS) is 31.0. The molecule has 1 aromatic carbocycles. The van der Waals surface area contributed by atoms with E-state index in [1.165, 1.54) is 82.6 Å². The summed E-state index contributed by atoms with van der Waals surface area (Å²) in [5.74, 6) is 3.90. The number of rotatable bonds is 6. The second kappa shape index (κ2) is 8.92. The number of hydrogen-bond donors (Lipinski definition) is 1. The van der Waals surface area contributed by atoms with Crippen molar-refractivity contribution in [2.24, 2.45) is 17.8 Å². The maximum absolute atomic E-state index is 5.83. The molecular weight excluding hydrogens is 290 g/mol. The second-order valence-corrected chi connectivity index (χ2v) is 8.55. The first-order valence-corrected chi connectivity index (χ1v) is 10.6. The molecule has 0 atom stereocenters. The Morgan fingerprint density at radius 3 is 1.96 bits per heavy atom. The van der Waals surface area contributed by atoms with Crippen molar-refractivity contribution in [1.29, 1.82) is 0 Å². The van der Waals surface area contributed by atoms with Gasteiger partial charge in [-0.2, -0.15) is 0 Å². The van der Waals surface area contributed by atoms with Crippen LogP contribution in [0.2, 0.25) is 0 Å². The highest BCUT2D eigenvalue weighted by atomic mass is 14.5. The SMILES string of the molecule is CCCCC[C@H]1CC[C@H](C2CCC(c3ccc(N)cc3)CC2)CC1. The highest BCUT2D eigenvalue weighted by molar-refractivity contribution is 5.40. The summed E-state index contributed by atoms with van der Waals surface area (Å²) >= 11 is 0. The van der Waals surface area contributed by atoms with Crippen molar-refractivity contribution in [2.45, 2.75) is 89.9 Å². The van der Waals surface area contributed by atoms with Crippen LogP contribution in [0.25, 0.3) is 0 Å². The van der Waals surface area contributed by atoms with E-state index in [0.717, 1.165) is 29.4 Å². The van der Waals surface area contributed by atoms with Crippen LogP contribution in [0.5, 0.6) is 0 Å². The lowest BCUT2D eigenvalue weighted by molar-refractivity contribution is 0.155. The molecule has 2 N–H and O–H groups in total. The van der Waals surface area contributed by atoms with E-state index in [0.29, 0.717) is 0 Å². The number of anilines is 1. The van der Waals surface area contributed by atoms with Gasteiger partial charge in [-0.05, 0) is 79.9 Å². The van der Waals surface area contributed by atoms with Gasteiger partial charge in [0.25, 0.3) is 0 Å². The number of unbranched alkanes of at least 4 members (excludes halogenated alkanes) is 2. The van der Waals surface area contributed by atoms with Gasteiger partial charge in [-0.1, -0.05) is 57.6 Å². The van der Waals surface area contributed by atoms with Gasteiger partial charge in [0.1, 0.15) is 0 Å². The zero-order valence-electron chi connectivity index (χ0n) is 15.7. The Labute approximate surface area is 149 Å². The molecule has 0 aliphatic heterocycles. The molecule has 0 heterocycles. The predicted octanol–water partition coefficient (Wildman–Crippen LogP) is 6.93. The smallest absolute Gasteiger partial charge is 0.0314 e. The first kappa shape index (κ1) is 17.8. The average molecular weight is 328 g/mol. The van der Waals surface area contributed by atoms with Crippen molar-refractivity contribution in [2.75, 3.05) is 5.73 Å². The van der Waals surface area contributed by atoms with E-state index in [1.807, 2.05) is 0 Å². The first-order chi connectivity index (χ1) is 11.8. The lowest BCUT2D eigenvalue weighted by Crippen LogP contribution is -2.25. The van der Waals surface area contributed by atoms with Crippen molar-refractivity contribution < 1.29 is 0 Å². The largest absolute Gasteiger partial charge is 0.399 e. The lowest BCUT2D eigenvalue weighted by atomic mass is 9.68. The van der Waals surface area contributed by atoms with Gasteiger partial charge in [0, 0.05) is 5.69 Å². The fraction of sp³-hybridized carbons (Fsp3) is 0.739. The second-order valence-electron chi connectivity index (χ2n) is 8.55. The van der Waals surface area contributed by atoms with Gasteiger partial charge in [0.2, 0.25) is 0 Å². The molecule has 2 aliphatic rings. The summed E-state index contributed by atoms with van der Waals surface area (Å²) in [6, 6.07) is 8.64. The molecule has 24 heavy (non-hydrogen) atoms. The van der Waals surface area contributed by atoms with Crippen molar-refractivity contribution in [3.05, 3.63) is 29.8 Å². The summed E-state index contributed by atoms with van der Waals surface area (Å²) in [6.07, 6.45) is 17.6. The van der Waals surface area contributed by atoms with Crippen LogP contribution in [-0.2, 0) is 0 Å². The van der Waals surface area contributed by atoms with Crippen LogP contribution in [0, 0.1) is 17.8 Å². The number of nitrogens with two attached hydrogens (primary N) is 1. The molecule has 2 saturated carbocycles. The first-order valence-electron chi connectivity index (χ1n) is 10.6. The fourth-order valence-electron chi connectivity index (χ4n) is 5.32. The van der Waals surface area contributed by atoms with E-state index in [1.54, 1.807) is 0 Å². The van der Waals surface area contributed by atoms with Gasteiger partial charge in [0.15, 0.2) is 0 Å². The third kappa shape index (κ3) is 4.77. The van der Waals surface area contributed by atoms with Gasteiger partial charge >= 0.3 is 0 Å². The molecule has 3 rings (SSSR count). The van der Waals surface area contributed by atoms with E-state index in [4.69, 9.17) is 5.73 Å². The van der Waals surface area contributed by atoms with E-state index in [-0.39, 0.29) is 0 Å². The lowest BCUT2D eigenvalue weighted by Gasteiger charge is -2.38. The Morgan fingerprint density at radius 2 is 1.38 bits per heavy atom. The Morgan fingerprint density at radius 1 is 0.792 bits per heavy atom. The van der Waals surface area contributed by atoms with E-state index in [9.17, 15) is 0 Å². The molecular formula is C23H37N. The summed E-state index contributed by atoms with van der Waals surface area (Å²) in [6.45, 7) is 2.32. The third-order valence-electron chi connectivity index (χ3n) is 6.95. The summed E-state index contributed by atoms with van der Waals surface area (Å²) < 4.78 is 0. The highest BCUT2D eigenvalue weighted by Gasteiger charge is 2.31. The molecule has 2 fully saturated rings. The van der Waals surface area contributed by atoms with Gasteiger partial charge in [0.05, 0.1) is 0 Å². The quantitative estimate of drug-likeness (QED) is 0.445. The standard InChI is InChI=1S/C23H37N/c1-2-3-4-5-18-6-8-19(9-7-18)20-10-12-21(13-11-20)22-14-16-23(24)17-15-22/h14-21H,2-13,24H2,1H3/t18-,19-,20?,21?. The van der Waals surface area contributed by atoms with E-state index < -0.39 is 0 Å². The maximum Gasteiger partial charge on any atom is 0.0314 e. The van der Waals surface area contributed by atoms with E-state index >= 15 is 0 Å². The maximum atomic E-state index is 5.83. The summed E-state index contributed by atoms with van der Waals surface area (Å²) in [5, 5.41) is 0. The molecule has 1 aromatic rings. The molecule has 0 unspecified atom stereocenters. The van der Waals surface area contributed by atoms with Crippen LogP contribution in [-0.4, -0.2) is 0 Å². The molecule has 0 bridgehead atoms. The Balaban J connectivity index is 1.40. The molecule has 1 nitrogen and oxygen atoms in total. The Bertz CT molecular complexity index is 461. The molecule has 0 saturated heterocycles. The van der Waals surface area contributed by atoms with E-state index in [2.05, 4.69) is 31.2 Å². The van der Waals surface area contributed by atoms with Gasteiger partial charge < -0.3 is 5.73 Å². The highest BCUT2D eigenvalue weighted by Crippen LogP contribution is 2.44. The van der Waals surface area contributed by atoms with Crippen LogP contribution in [0.15, 0.2) is 24.3 Å². The topological polar surface area (TPSA) is 26.0 Å². The molecule has 1 heteroatoms. The molecule has 2 aliphatic carbocycles. The van der Waals surface area contributed by atoms with Crippen LogP contribution in [0.1, 0.15) is 95.5 Å². The number of benzene rings is 1. The minimum absolute atomic E-state index is 0.784. The Hall–Kier alpha value is -0.980. The average Bonchev–Trinajstić information content (AvgIpc) is 2.63. The fourth-order valence-corrected chi connectivity index (χ4v) is 5.32. The van der Waals surface area contributed by atoms with Crippen LogP contribution in [0.4, 0.5) is 5.69 Å². The molecule has 0 aromatic heterocycles. The van der Waals surface area contributed by atoms with Crippen LogP contribution < -0.4 is 5.73 Å². The molecule has 134 valence electrons. The zero-order chi connectivity index (χ0) is 16.8. The third-order valence-corrected chi connectivity index (χ3v) is 6.95. The Kier molecular flexibility index (Phi) is 6.63. The molecule has 0 amide bonds. The number of nitrogen functional groups attached to an aromatic ring is 1. The van der Waals surface area contributed by atoms with Crippen LogP contribution >= 0.6 is 0 Å². The van der Waals surface area contributed by atoms with Crippen molar-refractivity contribution in [3.63, 3.8) is 0 Å². The van der Waals surface area contributed by atoms with Crippen molar-refractivity contribution in [1.82, 2.24) is 0 Å². The minimum Gasteiger partial charge on any atom is -0.399 e. The summed E-state index contributed by atoms with van der Waals surface area (Å²) in [5.41, 5.74) is 8.23. The summed E-state index contributed by atoms with van der Waals surface area (Å²) in [7, 11) is 0. The predicted molar refractivity (Wildman–Crippen MR) is 105 cm³/mol. The van der Waals surface area contributed by atoms with Gasteiger partial charge in [-0.15, -0.1) is 0 Å². The van der Waals surface area contributed by atoms with Gasteiger partial charge in [-0.25, -0.2) is 0 Å². The minimum atomic E-state index is 0.784. The molecule has 0 radical (unpaired) electrons. The monoisotopic (exact) mass is 327 g/mol. The van der Waals surface area contributed by atoms with Crippen molar-refractivity contribution in [3.8, 4) is 0 Å². The number of hydrogen-bond acceptors (Lipinski definition) is 1. The van der Waals surface area contributed by atoms with Crippen LogP contribution in [0.3, 0.4) is 0 Å². The molecule has 0 spiro atoms. The van der Waals surface area contributed by atoms with Gasteiger partial charge in [-0.3, -0.25) is 0 Å².